The van der Waals surface area contributed by atoms with Gasteiger partial charge in [-0.1, -0.05) is 66.1 Å². The van der Waals surface area contributed by atoms with Crippen LogP contribution in [0, 0.1) is 28.7 Å². The molecule has 0 aliphatic carbocycles. The minimum Gasteiger partial charge on any atom is -0.684 e. The van der Waals surface area contributed by atoms with Crippen LogP contribution >= 0.6 is 0 Å². The maximum absolute atomic E-state index is 4.60. The Labute approximate surface area is 151 Å². The van der Waals surface area contributed by atoms with Crippen LogP contribution in [0.3, 0.4) is 0 Å². The van der Waals surface area contributed by atoms with Crippen molar-refractivity contribution in [2.45, 2.75) is 20.3 Å². The topological polar surface area (TPSA) is 28.2 Å². The van der Waals surface area contributed by atoms with E-state index in [2.05, 4.69) is 48.7 Å². The minimum absolute atomic E-state index is 0. The van der Waals surface area contributed by atoms with Gasteiger partial charge in [-0.05, 0) is 13.8 Å². The number of benzene rings is 2. The molecule has 116 valence electrons. The van der Waals surface area contributed by atoms with Crippen molar-refractivity contribution in [3.05, 3.63) is 85.1 Å². The molecule has 2 nitrogen and oxygen atoms in total. The maximum atomic E-state index is 4.60. The van der Waals surface area contributed by atoms with Crippen molar-refractivity contribution in [2.75, 3.05) is 13.1 Å². The first-order chi connectivity index (χ1) is 9.27. The fraction of sp³-hybridized carbons (Fsp3) is 0.263. The van der Waals surface area contributed by atoms with Crippen LogP contribution in [0.25, 0.3) is 10.6 Å². The summed E-state index contributed by atoms with van der Waals surface area (Å²) in [5.74, 6) is 0. The second-order valence-electron chi connectivity index (χ2n) is 4.69. The van der Waals surface area contributed by atoms with E-state index in [1.807, 2.05) is 24.3 Å². The molecule has 0 heterocycles. The number of nitrogens with zero attached hydrogens (tertiary/aromatic N) is 2. The maximum Gasteiger partial charge on any atom is 4.00 e. The van der Waals surface area contributed by atoms with Gasteiger partial charge in [0.15, 0.2) is 0 Å². The summed E-state index contributed by atoms with van der Waals surface area (Å²) in [6.45, 7) is 5.85. The van der Waals surface area contributed by atoms with E-state index in [1.54, 1.807) is 0 Å². The molecule has 0 aromatic heterocycles. The fourth-order valence-electron chi connectivity index (χ4n) is 1.95. The van der Waals surface area contributed by atoms with E-state index in [-0.39, 0.29) is 36.6 Å². The number of rotatable bonds is 6. The third-order valence-electron chi connectivity index (χ3n) is 3.11. The molecule has 2 rings (SSSR count). The molecule has 2 aromatic carbocycles. The third kappa shape index (κ3) is 7.15. The summed E-state index contributed by atoms with van der Waals surface area (Å²) in [7, 11) is 0. The molecule has 0 amide bonds. The van der Waals surface area contributed by atoms with E-state index >= 15 is 0 Å². The summed E-state index contributed by atoms with van der Waals surface area (Å²) in [6, 6.07) is 16.5. The Hall–Kier alpha value is -1.25. The Balaban J connectivity index is 0. The minimum atomic E-state index is 0. The van der Waals surface area contributed by atoms with Gasteiger partial charge in [0.25, 0.3) is 0 Å². The average Bonchev–Trinajstić information content (AvgIpc) is 2.42. The first-order valence-corrected chi connectivity index (χ1v) is 6.73. The summed E-state index contributed by atoms with van der Waals surface area (Å²) in [4.78, 5) is 0. The average molecular weight is 330 g/mol. The zero-order valence-corrected chi connectivity index (χ0v) is 15.7. The molecule has 0 radical (unpaired) electrons. The van der Waals surface area contributed by atoms with Gasteiger partial charge in [0, 0.05) is 0 Å². The SMILES string of the molecule is Cc1ccccc1[N-]CCC[N-]c1ccccc1C.[CH3-].[CH3-].[Ti+4]. The van der Waals surface area contributed by atoms with Crippen molar-refractivity contribution in [2.24, 2.45) is 0 Å². The van der Waals surface area contributed by atoms with Crippen molar-refractivity contribution in [3.8, 4) is 0 Å². The molecule has 0 unspecified atom stereocenters. The van der Waals surface area contributed by atoms with Crippen LogP contribution < -0.4 is 0 Å². The molecule has 0 saturated carbocycles. The molecule has 0 fully saturated rings. The van der Waals surface area contributed by atoms with E-state index in [0.717, 1.165) is 30.9 Å². The predicted octanol–water partition coefficient (Wildman–Crippen LogP) is 6.30. The summed E-state index contributed by atoms with van der Waals surface area (Å²) >= 11 is 0. The summed E-state index contributed by atoms with van der Waals surface area (Å²) in [5, 5.41) is 9.20. The quantitative estimate of drug-likeness (QED) is 0.338. The van der Waals surface area contributed by atoms with Gasteiger partial charge < -0.3 is 25.5 Å². The van der Waals surface area contributed by atoms with Gasteiger partial charge in [-0.3, -0.25) is 0 Å². The van der Waals surface area contributed by atoms with Gasteiger partial charge in [0.05, 0.1) is 0 Å². The number of aryl methyl sites for hydroxylation is 2. The summed E-state index contributed by atoms with van der Waals surface area (Å²) in [6.07, 6.45) is 0.989. The van der Waals surface area contributed by atoms with Crippen LogP contribution in [0.15, 0.2) is 48.5 Å². The molecule has 0 bridgehead atoms. The van der Waals surface area contributed by atoms with Gasteiger partial charge in [-0.15, -0.1) is 24.5 Å². The molecule has 0 atom stereocenters. The second-order valence-corrected chi connectivity index (χ2v) is 4.69. The largest absolute Gasteiger partial charge is 4.00 e. The van der Waals surface area contributed by atoms with Crippen LogP contribution in [0.1, 0.15) is 17.5 Å². The van der Waals surface area contributed by atoms with Crippen molar-refractivity contribution in [1.82, 2.24) is 0 Å². The molecule has 2 aromatic rings. The van der Waals surface area contributed by atoms with Crippen LogP contribution in [0.2, 0.25) is 0 Å². The Morgan fingerprint density at radius 2 is 1.05 bits per heavy atom. The first-order valence-electron chi connectivity index (χ1n) is 6.73. The van der Waals surface area contributed by atoms with E-state index in [9.17, 15) is 0 Å². The van der Waals surface area contributed by atoms with Crippen molar-refractivity contribution >= 4 is 11.4 Å². The Morgan fingerprint density at radius 3 is 1.41 bits per heavy atom. The number of hydrogen-bond acceptors (Lipinski definition) is 0. The van der Waals surface area contributed by atoms with Crippen LogP contribution in [-0.2, 0) is 21.7 Å². The Morgan fingerprint density at radius 1 is 0.682 bits per heavy atom. The van der Waals surface area contributed by atoms with Crippen LogP contribution in [-0.4, -0.2) is 13.1 Å². The molecular formula is C19H26N2Ti. The zero-order chi connectivity index (χ0) is 13.5. The first kappa shape index (κ1) is 23.0. The van der Waals surface area contributed by atoms with E-state index in [1.165, 1.54) is 11.1 Å². The fourth-order valence-corrected chi connectivity index (χ4v) is 1.95. The van der Waals surface area contributed by atoms with Gasteiger partial charge in [0.1, 0.15) is 0 Å². The summed E-state index contributed by atoms with van der Waals surface area (Å²) in [5.41, 5.74) is 4.66. The smallest absolute Gasteiger partial charge is 0.684 e. The predicted molar refractivity (Wildman–Crippen MR) is 95.6 cm³/mol. The molecule has 3 heteroatoms. The monoisotopic (exact) mass is 330 g/mol. The molecule has 22 heavy (non-hydrogen) atoms. The van der Waals surface area contributed by atoms with Crippen LogP contribution in [0.5, 0.6) is 0 Å². The molecule has 0 aliphatic rings. The molecule has 0 N–H and O–H groups in total. The van der Waals surface area contributed by atoms with E-state index in [4.69, 9.17) is 0 Å². The standard InChI is InChI=1S/C17H20N2.2CH3.Ti/c1-14-8-3-5-10-16(14)18-12-7-13-19-17-11-6-4-9-15(17)2;;;/h3-6,8-11H,7,12-13H2,1-2H3;2*1H3;/q-2;2*-1;+4. The van der Waals surface area contributed by atoms with Crippen molar-refractivity contribution < 1.29 is 21.7 Å². The van der Waals surface area contributed by atoms with E-state index in [0.29, 0.717) is 0 Å². The second kappa shape index (κ2) is 12.3. The Bertz CT molecular complexity index is 479. The molecule has 0 aliphatic heterocycles. The van der Waals surface area contributed by atoms with Gasteiger partial charge in [-0.25, -0.2) is 0 Å². The number of hydrogen-bond donors (Lipinski definition) is 0. The van der Waals surface area contributed by atoms with Gasteiger partial charge >= 0.3 is 21.7 Å². The Kier molecular flexibility index (Phi) is 12.9. The summed E-state index contributed by atoms with van der Waals surface area (Å²) < 4.78 is 0. The third-order valence-corrected chi connectivity index (χ3v) is 3.11. The van der Waals surface area contributed by atoms with Gasteiger partial charge in [0.2, 0.25) is 0 Å². The van der Waals surface area contributed by atoms with E-state index < -0.39 is 0 Å². The van der Waals surface area contributed by atoms with Crippen LogP contribution in [0.4, 0.5) is 11.4 Å². The van der Waals surface area contributed by atoms with Gasteiger partial charge in [-0.2, -0.15) is 0 Å². The van der Waals surface area contributed by atoms with Crippen molar-refractivity contribution in [3.63, 3.8) is 0 Å². The molecular weight excluding hydrogens is 304 g/mol. The number of para-hydroxylation sites is 2. The van der Waals surface area contributed by atoms with Crippen molar-refractivity contribution in [1.29, 1.82) is 0 Å². The normalized spacial score (nSPS) is 8.82. The zero-order valence-electron chi connectivity index (χ0n) is 14.1. The molecule has 0 spiro atoms. The molecule has 0 saturated heterocycles.